The Morgan fingerprint density at radius 2 is 2.16 bits per heavy atom. The Bertz CT molecular complexity index is 348. The van der Waals surface area contributed by atoms with E-state index in [0.29, 0.717) is 12.8 Å². The van der Waals surface area contributed by atoms with E-state index >= 15 is 0 Å². The molecule has 1 fully saturated rings. The average Bonchev–Trinajstić information content (AvgIpc) is 2.32. The maximum Gasteiger partial charge on any atom is 0.139 e. The molecule has 0 saturated heterocycles. The van der Waals surface area contributed by atoms with Gasteiger partial charge in [-0.15, -0.1) is 0 Å². The molecule has 0 aromatic rings. The standard InChI is InChI=1S/C15H26O4/c1-11(17)5-4-7-14(2)8-6-12(9-13(14)18)15(3,19)10-16/h12,16,19H,4-10H2,1-3H3/t12-,14+,15-/m0/s1. The molecule has 4 heteroatoms. The molecule has 0 aliphatic heterocycles. The number of carbonyl (C=O) groups excluding carboxylic acids is 2. The first kappa shape index (κ1) is 16.3. The van der Waals surface area contributed by atoms with Crippen LogP contribution in [0.15, 0.2) is 0 Å². The van der Waals surface area contributed by atoms with Crippen LogP contribution in [0.25, 0.3) is 0 Å². The summed E-state index contributed by atoms with van der Waals surface area (Å²) in [6, 6.07) is 0. The highest BCUT2D eigenvalue weighted by atomic mass is 16.3. The monoisotopic (exact) mass is 270 g/mol. The van der Waals surface area contributed by atoms with E-state index in [2.05, 4.69) is 0 Å². The third kappa shape index (κ3) is 4.11. The van der Waals surface area contributed by atoms with Gasteiger partial charge in [-0.05, 0) is 45.4 Å². The van der Waals surface area contributed by atoms with Gasteiger partial charge >= 0.3 is 0 Å². The summed E-state index contributed by atoms with van der Waals surface area (Å²) in [4.78, 5) is 23.2. The second-order valence-corrected chi connectivity index (χ2v) is 6.49. The van der Waals surface area contributed by atoms with Crippen LogP contribution in [0.4, 0.5) is 0 Å². The zero-order valence-corrected chi connectivity index (χ0v) is 12.2. The molecule has 0 aromatic heterocycles. The molecule has 0 amide bonds. The smallest absolute Gasteiger partial charge is 0.139 e. The van der Waals surface area contributed by atoms with Gasteiger partial charge in [0.05, 0.1) is 12.2 Å². The SMILES string of the molecule is CC(=O)CCC[C@]1(C)CC[C@H]([C@@](C)(O)CO)CC1=O. The molecule has 3 atom stereocenters. The number of ketones is 2. The summed E-state index contributed by atoms with van der Waals surface area (Å²) in [7, 11) is 0. The molecule has 0 unspecified atom stereocenters. The van der Waals surface area contributed by atoms with Crippen LogP contribution in [0.2, 0.25) is 0 Å². The molecule has 0 heterocycles. The minimum Gasteiger partial charge on any atom is -0.393 e. The fraction of sp³-hybridized carbons (Fsp3) is 0.867. The van der Waals surface area contributed by atoms with E-state index in [-0.39, 0.29) is 29.5 Å². The fourth-order valence-electron chi connectivity index (χ4n) is 2.86. The van der Waals surface area contributed by atoms with Crippen LogP contribution < -0.4 is 0 Å². The van der Waals surface area contributed by atoms with Crippen LogP contribution in [-0.2, 0) is 9.59 Å². The number of aliphatic hydroxyl groups excluding tert-OH is 1. The molecule has 1 rings (SSSR count). The molecular formula is C15H26O4. The van der Waals surface area contributed by atoms with E-state index in [4.69, 9.17) is 5.11 Å². The lowest BCUT2D eigenvalue weighted by atomic mass is 9.65. The van der Waals surface area contributed by atoms with Gasteiger partial charge in [0.2, 0.25) is 0 Å². The lowest BCUT2D eigenvalue weighted by molar-refractivity contribution is -0.139. The van der Waals surface area contributed by atoms with E-state index < -0.39 is 5.60 Å². The van der Waals surface area contributed by atoms with Gasteiger partial charge in [-0.1, -0.05) is 6.92 Å². The molecule has 1 saturated carbocycles. The van der Waals surface area contributed by atoms with Crippen LogP contribution >= 0.6 is 0 Å². The molecule has 2 N–H and O–H groups in total. The van der Waals surface area contributed by atoms with E-state index in [0.717, 1.165) is 25.7 Å². The minimum absolute atomic E-state index is 0.154. The van der Waals surface area contributed by atoms with E-state index in [1.165, 1.54) is 0 Å². The van der Waals surface area contributed by atoms with Crippen molar-refractivity contribution in [2.45, 2.75) is 64.9 Å². The van der Waals surface area contributed by atoms with Crippen molar-refractivity contribution in [3.63, 3.8) is 0 Å². The van der Waals surface area contributed by atoms with Crippen LogP contribution in [0, 0.1) is 11.3 Å². The van der Waals surface area contributed by atoms with Crippen LogP contribution in [0.1, 0.15) is 59.3 Å². The maximum atomic E-state index is 12.3. The van der Waals surface area contributed by atoms with Crippen molar-refractivity contribution in [2.24, 2.45) is 11.3 Å². The summed E-state index contributed by atoms with van der Waals surface area (Å²) in [6.07, 6.45) is 3.81. The third-order valence-corrected chi connectivity index (χ3v) is 4.61. The maximum absolute atomic E-state index is 12.3. The Labute approximate surface area is 115 Å². The predicted molar refractivity (Wildman–Crippen MR) is 72.7 cm³/mol. The van der Waals surface area contributed by atoms with Crippen LogP contribution in [0.5, 0.6) is 0 Å². The molecule has 0 bridgehead atoms. The number of carbonyl (C=O) groups is 2. The number of hydrogen-bond acceptors (Lipinski definition) is 4. The molecule has 19 heavy (non-hydrogen) atoms. The molecule has 0 spiro atoms. The molecule has 1 aliphatic rings. The Kier molecular flexibility index (Phi) is 5.27. The largest absolute Gasteiger partial charge is 0.393 e. The van der Waals surface area contributed by atoms with E-state index in [1.54, 1.807) is 13.8 Å². The zero-order chi connectivity index (χ0) is 14.7. The topological polar surface area (TPSA) is 74.6 Å². The molecular weight excluding hydrogens is 244 g/mol. The predicted octanol–water partition coefficient (Wildman–Crippen LogP) is 1.86. The number of rotatable bonds is 6. The Morgan fingerprint density at radius 1 is 1.53 bits per heavy atom. The van der Waals surface area contributed by atoms with Gasteiger partial charge in [0, 0.05) is 18.3 Å². The fourth-order valence-corrected chi connectivity index (χ4v) is 2.86. The van der Waals surface area contributed by atoms with Crippen molar-refractivity contribution < 1.29 is 19.8 Å². The van der Waals surface area contributed by atoms with Crippen molar-refractivity contribution in [1.29, 1.82) is 0 Å². The normalized spacial score (nSPS) is 31.0. The van der Waals surface area contributed by atoms with Gasteiger partial charge < -0.3 is 15.0 Å². The summed E-state index contributed by atoms with van der Waals surface area (Å²) >= 11 is 0. The van der Waals surface area contributed by atoms with Gasteiger partial charge in [0.1, 0.15) is 11.6 Å². The van der Waals surface area contributed by atoms with Crippen LogP contribution in [0.3, 0.4) is 0 Å². The Balaban J connectivity index is 2.58. The Hall–Kier alpha value is -0.740. The van der Waals surface area contributed by atoms with Crippen molar-refractivity contribution >= 4 is 11.6 Å². The number of hydrogen-bond donors (Lipinski definition) is 2. The van der Waals surface area contributed by atoms with Gasteiger partial charge in [0.15, 0.2) is 0 Å². The molecule has 0 aromatic carbocycles. The first-order chi connectivity index (χ1) is 8.71. The molecule has 1 aliphatic carbocycles. The second kappa shape index (κ2) is 6.14. The third-order valence-electron chi connectivity index (χ3n) is 4.61. The zero-order valence-electron chi connectivity index (χ0n) is 12.2. The first-order valence-corrected chi connectivity index (χ1v) is 7.07. The summed E-state index contributed by atoms with van der Waals surface area (Å²) in [6.45, 7) is 4.80. The van der Waals surface area contributed by atoms with Gasteiger partial charge in [-0.25, -0.2) is 0 Å². The van der Waals surface area contributed by atoms with E-state index in [9.17, 15) is 14.7 Å². The highest BCUT2D eigenvalue weighted by Gasteiger charge is 2.43. The van der Waals surface area contributed by atoms with E-state index in [1.807, 2.05) is 6.92 Å². The highest BCUT2D eigenvalue weighted by molar-refractivity contribution is 5.85. The average molecular weight is 270 g/mol. The van der Waals surface area contributed by atoms with Gasteiger partial charge in [0.25, 0.3) is 0 Å². The van der Waals surface area contributed by atoms with Gasteiger partial charge in [-0.3, -0.25) is 4.79 Å². The summed E-state index contributed by atoms with van der Waals surface area (Å²) < 4.78 is 0. The summed E-state index contributed by atoms with van der Waals surface area (Å²) in [5.41, 5.74) is -1.53. The number of aliphatic hydroxyl groups is 2. The molecule has 0 radical (unpaired) electrons. The quantitative estimate of drug-likeness (QED) is 0.772. The van der Waals surface area contributed by atoms with Crippen molar-refractivity contribution in [2.75, 3.05) is 6.61 Å². The lowest BCUT2D eigenvalue weighted by Crippen LogP contribution is -2.45. The van der Waals surface area contributed by atoms with Crippen molar-refractivity contribution in [1.82, 2.24) is 0 Å². The molecule has 110 valence electrons. The number of Topliss-reactive ketones (excluding diaryl/α,β-unsaturated/α-hetero) is 2. The lowest BCUT2D eigenvalue weighted by Gasteiger charge is -2.41. The van der Waals surface area contributed by atoms with Crippen molar-refractivity contribution in [3.05, 3.63) is 0 Å². The summed E-state index contributed by atoms with van der Waals surface area (Å²) in [5.74, 6) is 0.153. The minimum atomic E-state index is -1.17. The van der Waals surface area contributed by atoms with Gasteiger partial charge in [-0.2, -0.15) is 0 Å². The molecule has 4 nitrogen and oxygen atoms in total. The van der Waals surface area contributed by atoms with Crippen LogP contribution in [-0.4, -0.2) is 34.0 Å². The highest BCUT2D eigenvalue weighted by Crippen LogP contribution is 2.42. The Morgan fingerprint density at radius 3 is 2.63 bits per heavy atom. The van der Waals surface area contributed by atoms with Crippen molar-refractivity contribution in [3.8, 4) is 0 Å². The second-order valence-electron chi connectivity index (χ2n) is 6.49. The summed E-state index contributed by atoms with van der Waals surface area (Å²) in [5, 5.41) is 19.2. The first-order valence-electron chi connectivity index (χ1n) is 7.07.